The molecule has 0 spiro atoms. The van der Waals surface area contributed by atoms with E-state index in [1.165, 1.54) is 5.56 Å². The third kappa shape index (κ3) is 3.03. The van der Waals surface area contributed by atoms with Gasteiger partial charge in [0.1, 0.15) is 0 Å². The van der Waals surface area contributed by atoms with Crippen LogP contribution in [0.15, 0.2) is 23.6 Å². The van der Waals surface area contributed by atoms with Gasteiger partial charge >= 0.3 is 6.03 Å². The van der Waals surface area contributed by atoms with Gasteiger partial charge in [-0.1, -0.05) is 6.07 Å². The molecule has 6 heteroatoms. The first-order valence-corrected chi connectivity index (χ1v) is 9.27. The summed E-state index contributed by atoms with van der Waals surface area (Å²) < 4.78 is 5.36. The molecule has 1 N–H and O–H groups in total. The van der Waals surface area contributed by atoms with Crippen LogP contribution in [-0.2, 0) is 11.2 Å². The molecule has 2 aliphatic rings. The molecule has 1 aromatic carbocycles. The van der Waals surface area contributed by atoms with E-state index < -0.39 is 0 Å². The molecule has 0 aliphatic carbocycles. The Balaban J connectivity index is 1.46. The number of rotatable bonds is 3. The number of thiazole rings is 1. The molecule has 1 aromatic heterocycles. The van der Waals surface area contributed by atoms with Gasteiger partial charge in [0.25, 0.3) is 0 Å². The molecule has 3 heterocycles. The molecule has 1 saturated heterocycles. The molecule has 2 aliphatic heterocycles. The van der Waals surface area contributed by atoms with Crippen molar-refractivity contribution in [3.63, 3.8) is 0 Å². The number of nitrogens with one attached hydrogen (secondary N) is 1. The maximum Gasteiger partial charge on any atom is 0.321 e. The monoisotopic (exact) mass is 343 g/mol. The second-order valence-electron chi connectivity index (χ2n) is 6.41. The molecule has 1 unspecified atom stereocenters. The molecule has 5 nitrogen and oxygen atoms in total. The first-order chi connectivity index (χ1) is 11.7. The molecule has 126 valence electrons. The zero-order valence-corrected chi connectivity index (χ0v) is 14.6. The van der Waals surface area contributed by atoms with Gasteiger partial charge in [0.2, 0.25) is 0 Å². The summed E-state index contributed by atoms with van der Waals surface area (Å²) in [6.45, 7) is 5.02. The van der Waals surface area contributed by atoms with Gasteiger partial charge in [0.15, 0.2) is 0 Å². The van der Waals surface area contributed by atoms with Crippen LogP contribution in [0.2, 0.25) is 0 Å². The van der Waals surface area contributed by atoms with E-state index in [4.69, 9.17) is 4.74 Å². The van der Waals surface area contributed by atoms with Gasteiger partial charge in [-0.2, -0.15) is 0 Å². The van der Waals surface area contributed by atoms with Crippen LogP contribution in [0.5, 0.6) is 0 Å². The van der Waals surface area contributed by atoms with E-state index in [0.29, 0.717) is 12.5 Å². The molecule has 0 bridgehead atoms. The number of urea groups is 1. The molecule has 1 atom stereocenters. The van der Waals surface area contributed by atoms with Gasteiger partial charge in [0, 0.05) is 42.2 Å². The van der Waals surface area contributed by atoms with Crippen LogP contribution in [0.3, 0.4) is 0 Å². The smallest absolute Gasteiger partial charge is 0.321 e. The molecule has 4 rings (SSSR count). The number of carbonyl (C=O) groups excluding carboxylic acids is 1. The number of hydrogen-bond donors (Lipinski definition) is 1. The zero-order chi connectivity index (χ0) is 16.5. The molecular weight excluding hydrogens is 322 g/mol. The Hall–Kier alpha value is -1.92. The van der Waals surface area contributed by atoms with Gasteiger partial charge in [-0.05, 0) is 37.5 Å². The van der Waals surface area contributed by atoms with Crippen molar-refractivity contribution in [3.8, 4) is 11.3 Å². The van der Waals surface area contributed by atoms with Crippen LogP contribution in [0, 0.1) is 12.8 Å². The first kappa shape index (κ1) is 15.6. The Morgan fingerprint density at radius 3 is 3.17 bits per heavy atom. The fourth-order valence-corrected chi connectivity index (χ4v) is 3.96. The van der Waals surface area contributed by atoms with Gasteiger partial charge in [-0.15, -0.1) is 11.3 Å². The first-order valence-electron chi connectivity index (χ1n) is 8.39. The summed E-state index contributed by atoms with van der Waals surface area (Å²) in [7, 11) is 0. The van der Waals surface area contributed by atoms with Crippen LogP contribution >= 0.6 is 11.3 Å². The highest BCUT2D eigenvalue weighted by molar-refractivity contribution is 7.09. The third-order valence-corrected chi connectivity index (χ3v) is 5.47. The number of ether oxygens (including phenoxy) is 1. The van der Waals surface area contributed by atoms with Crippen LogP contribution in [0.4, 0.5) is 10.5 Å². The standard InChI is InChI=1S/C18H21N3O2S/c1-12-20-16(11-24-12)14-2-3-17-15(8-14)4-6-21(17)18(22)19-9-13-5-7-23-10-13/h2-3,8,11,13H,4-7,9-10H2,1H3,(H,19,22). The maximum atomic E-state index is 12.5. The molecule has 0 radical (unpaired) electrons. The van der Waals surface area contributed by atoms with E-state index in [1.54, 1.807) is 11.3 Å². The fourth-order valence-electron chi connectivity index (χ4n) is 3.34. The van der Waals surface area contributed by atoms with Crippen molar-refractivity contribution in [2.24, 2.45) is 5.92 Å². The molecule has 0 saturated carbocycles. The van der Waals surface area contributed by atoms with Crippen LogP contribution in [-0.4, -0.2) is 37.3 Å². The minimum absolute atomic E-state index is 0.00194. The highest BCUT2D eigenvalue weighted by Gasteiger charge is 2.26. The highest BCUT2D eigenvalue weighted by atomic mass is 32.1. The van der Waals surface area contributed by atoms with Gasteiger partial charge < -0.3 is 10.1 Å². The molecule has 1 fully saturated rings. The van der Waals surface area contributed by atoms with E-state index in [2.05, 4.69) is 27.8 Å². The lowest BCUT2D eigenvalue weighted by atomic mass is 10.1. The minimum atomic E-state index is -0.00194. The van der Waals surface area contributed by atoms with E-state index in [1.807, 2.05) is 17.9 Å². The lowest BCUT2D eigenvalue weighted by Gasteiger charge is -2.19. The van der Waals surface area contributed by atoms with Gasteiger partial charge in [0.05, 0.1) is 17.3 Å². The van der Waals surface area contributed by atoms with Crippen molar-refractivity contribution in [3.05, 3.63) is 34.2 Å². The average molecular weight is 343 g/mol. The van der Waals surface area contributed by atoms with Crippen molar-refractivity contribution in [2.45, 2.75) is 19.8 Å². The van der Waals surface area contributed by atoms with Crippen LogP contribution in [0.1, 0.15) is 17.0 Å². The molecule has 24 heavy (non-hydrogen) atoms. The normalized spacial score (nSPS) is 19.5. The highest BCUT2D eigenvalue weighted by Crippen LogP contribution is 2.32. The second kappa shape index (κ2) is 6.53. The summed E-state index contributed by atoms with van der Waals surface area (Å²) in [5, 5.41) is 6.21. The van der Waals surface area contributed by atoms with Gasteiger partial charge in [-0.25, -0.2) is 9.78 Å². The lowest BCUT2D eigenvalue weighted by Crippen LogP contribution is -2.41. The second-order valence-corrected chi connectivity index (χ2v) is 7.47. The van der Waals surface area contributed by atoms with Crippen LogP contribution in [0.25, 0.3) is 11.3 Å². The number of carbonyl (C=O) groups is 1. The molecule has 2 amide bonds. The Labute approximate surface area is 145 Å². The summed E-state index contributed by atoms with van der Waals surface area (Å²) in [4.78, 5) is 18.9. The summed E-state index contributed by atoms with van der Waals surface area (Å²) in [6, 6.07) is 6.27. The topological polar surface area (TPSA) is 54.5 Å². The summed E-state index contributed by atoms with van der Waals surface area (Å²) in [5.41, 5.74) is 4.39. The number of anilines is 1. The maximum absolute atomic E-state index is 12.5. The van der Waals surface area contributed by atoms with Crippen molar-refractivity contribution in [1.29, 1.82) is 0 Å². The largest absolute Gasteiger partial charge is 0.381 e. The lowest BCUT2D eigenvalue weighted by molar-refractivity contribution is 0.185. The Kier molecular flexibility index (Phi) is 4.24. The predicted octanol–water partition coefficient (Wildman–Crippen LogP) is 3.23. The summed E-state index contributed by atoms with van der Waals surface area (Å²) in [6.07, 6.45) is 1.93. The van der Waals surface area contributed by atoms with E-state index >= 15 is 0 Å². The number of fused-ring (bicyclic) bond motifs is 1. The Morgan fingerprint density at radius 2 is 2.42 bits per heavy atom. The molecular formula is C18H21N3O2S. The number of nitrogens with zero attached hydrogens (tertiary/aromatic N) is 2. The summed E-state index contributed by atoms with van der Waals surface area (Å²) in [5.74, 6) is 0.450. The Morgan fingerprint density at radius 1 is 1.50 bits per heavy atom. The molecule has 2 aromatic rings. The third-order valence-electron chi connectivity index (χ3n) is 4.70. The minimum Gasteiger partial charge on any atom is -0.381 e. The fraction of sp³-hybridized carbons (Fsp3) is 0.444. The Bertz CT molecular complexity index is 752. The SMILES string of the molecule is Cc1nc(-c2ccc3c(c2)CCN3C(=O)NCC2CCOC2)cs1. The van der Waals surface area contributed by atoms with Crippen molar-refractivity contribution in [2.75, 3.05) is 31.2 Å². The number of aromatic nitrogens is 1. The number of hydrogen-bond acceptors (Lipinski definition) is 4. The van der Waals surface area contributed by atoms with E-state index in [0.717, 1.165) is 54.6 Å². The number of amides is 2. The zero-order valence-electron chi connectivity index (χ0n) is 13.7. The van der Waals surface area contributed by atoms with Gasteiger partial charge in [-0.3, -0.25) is 4.90 Å². The van der Waals surface area contributed by atoms with Crippen molar-refractivity contribution >= 4 is 23.1 Å². The predicted molar refractivity (Wildman–Crippen MR) is 95.7 cm³/mol. The quantitative estimate of drug-likeness (QED) is 0.931. The average Bonchev–Trinajstić information content (AvgIpc) is 3.32. The number of benzene rings is 1. The summed E-state index contributed by atoms with van der Waals surface area (Å²) >= 11 is 1.66. The van der Waals surface area contributed by atoms with E-state index in [9.17, 15) is 4.79 Å². The van der Waals surface area contributed by atoms with E-state index in [-0.39, 0.29) is 6.03 Å². The van der Waals surface area contributed by atoms with Crippen molar-refractivity contribution < 1.29 is 9.53 Å². The van der Waals surface area contributed by atoms with Crippen LogP contribution < -0.4 is 10.2 Å². The number of aryl methyl sites for hydroxylation is 1. The van der Waals surface area contributed by atoms with Crippen molar-refractivity contribution in [1.82, 2.24) is 10.3 Å².